The highest BCUT2D eigenvalue weighted by Gasteiger charge is 2.23. The van der Waals surface area contributed by atoms with Crippen LogP contribution in [0.1, 0.15) is 17.2 Å². The summed E-state index contributed by atoms with van der Waals surface area (Å²) in [6.07, 6.45) is 0. The van der Waals surface area contributed by atoms with Crippen LogP contribution in [0, 0.1) is 5.82 Å². The van der Waals surface area contributed by atoms with E-state index in [1.165, 1.54) is 12.1 Å². The fourth-order valence-corrected chi connectivity index (χ4v) is 3.46. The lowest BCUT2D eigenvalue weighted by Crippen LogP contribution is -2.46. The second-order valence-corrected chi connectivity index (χ2v) is 7.09. The molecule has 1 atom stereocenters. The van der Waals surface area contributed by atoms with Gasteiger partial charge in [0, 0.05) is 38.2 Å². The van der Waals surface area contributed by atoms with E-state index in [-0.39, 0.29) is 11.9 Å². The van der Waals surface area contributed by atoms with Crippen LogP contribution in [0.2, 0.25) is 5.02 Å². The molecule has 0 aliphatic carbocycles. The summed E-state index contributed by atoms with van der Waals surface area (Å²) in [4.78, 5) is 6.70. The first kappa shape index (κ1) is 20.6. The van der Waals surface area contributed by atoms with Gasteiger partial charge in [0.25, 0.3) is 0 Å². The molecule has 7 heteroatoms. The Bertz CT molecular complexity index is 778. The Morgan fingerprint density at radius 3 is 2.61 bits per heavy atom. The number of guanidine groups is 1. The van der Waals surface area contributed by atoms with Crippen LogP contribution >= 0.6 is 11.6 Å². The summed E-state index contributed by atoms with van der Waals surface area (Å²) in [5.74, 6) is 0.464. The van der Waals surface area contributed by atoms with Gasteiger partial charge in [0.2, 0.25) is 0 Å². The number of aliphatic imine (C=N–C) groups is 1. The second kappa shape index (κ2) is 10.4. The zero-order valence-electron chi connectivity index (χ0n) is 16.0. The first-order chi connectivity index (χ1) is 13.7. The van der Waals surface area contributed by atoms with Gasteiger partial charge in [-0.05, 0) is 35.4 Å². The molecular weight excluding hydrogens is 379 g/mol. The van der Waals surface area contributed by atoms with Gasteiger partial charge in [0.15, 0.2) is 5.96 Å². The standard InChI is InChI=1S/C21H26ClFN4O/c1-24-21(25-14-16-5-7-19(23)8-6-16)26-15-20(27-9-11-28-12-10-27)17-3-2-4-18(22)13-17/h2-8,13,20H,9-12,14-15H2,1H3,(H2,24,25,26). The minimum atomic E-state index is -0.235. The predicted octanol–water partition coefficient (Wildman–Crippen LogP) is 3.22. The van der Waals surface area contributed by atoms with Crippen molar-refractivity contribution in [3.05, 3.63) is 70.5 Å². The maximum absolute atomic E-state index is 13.0. The van der Waals surface area contributed by atoms with Gasteiger partial charge in [-0.25, -0.2) is 4.39 Å². The third kappa shape index (κ3) is 5.92. The van der Waals surface area contributed by atoms with Crippen molar-refractivity contribution >= 4 is 17.6 Å². The number of halogens is 2. The van der Waals surface area contributed by atoms with Crippen LogP contribution in [0.5, 0.6) is 0 Å². The largest absolute Gasteiger partial charge is 0.379 e. The molecule has 1 saturated heterocycles. The van der Waals surface area contributed by atoms with Crippen molar-refractivity contribution in [1.82, 2.24) is 15.5 Å². The Kier molecular flexibility index (Phi) is 7.65. The molecule has 0 aromatic heterocycles. The summed E-state index contributed by atoms with van der Waals surface area (Å²) in [7, 11) is 1.74. The van der Waals surface area contributed by atoms with E-state index >= 15 is 0 Å². The van der Waals surface area contributed by atoms with Crippen molar-refractivity contribution in [2.24, 2.45) is 4.99 Å². The molecule has 2 aromatic carbocycles. The molecule has 1 aliphatic rings. The van der Waals surface area contributed by atoms with Gasteiger partial charge < -0.3 is 15.4 Å². The summed E-state index contributed by atoms with van der Waals surface area (Å²) in [5.41, 5.74) is 2.15. The Labute approximate surface area is 170 Å². The summed E-state index contributed by atoms with van der Waals surface area (Å²) >= 11 is 6.22. The molecule has 5 nitrogen and oxygen atoms in total. The van der Waals surface area contributed by atoms with E-state index in [2.05, 4.69) is 26.6 Å². The number of benzene rings is 2. The Balaban J connectivity index is 1.63. The smallest absolute Gasteiger partial charge is 0.191 e. The van der Waals surface area contributed by atoms with Gasteiger partial charge in [-0.3, -0.25) is 9.89 Å². The third-order valence-electron chi connectivity index (χ3n) is 4.78. The first-order valence-corrected chi connectivity index (χ1v) is 9.80. The average molecular weight is 405 g/mol. The van der Waals surface area contributed by atoms with Crippen molar-refractivity contribution in [3.8, 4) is 0 Å². The highest BCUT2D eigenvalue weighted by atomic mass is 35.5. The van der Waals surface area contributed by atoms with Gasteiger partial charge in [0.1, 0.15) is 5.82 Å². The van der Waals surface area contributed by atoms with Crippen LogP contribution in [0.3, 0.4) is 0 Å². The van der Waals surface area contributed by atoms with E-state index in [9.17, 15) is 4.39 Å². The quantitative estimate of drug-likeness (QED) is 0.573. The molecule has 3 rings (SSSR count). The summed E-state index contributed by atoms with van der Waals surface area (Å²) in [6.45, 7) is 4.47. The van der Waals surface area contributed by atoms with E-state index in [1.54, 1.807) is 19.2 Å². The molecule has 2 N–H and O–H groups in total. The predicted molar refractivity (Wildman–Crippen MR) is 111 cm³/mol. The second-order valence-electron chi connectivity index (χ2n) is 6.65. The van der Waals surface area contributed by atoms with Gasteiger partial charge in [0.05, 0.1) is 19.3 Å². The zero-order valence-corrected chi connectivity index (χ0v) is 16.8. The molecule has 1 aliphatic heterocycles. The van der Waals surface area contributed by atoms with E-state index in [1.807, 2.05) is 18.2 Å². The summed E-state index contributed by atoms with van der Waals surface area (Å²) in [5, 5.41) is 7.41. The maximum atomic E-state index is 13.0. The van der Waals surface area contributed by atoms with Crippen molar-refractivity contribution in [3.63, 3.8) is 0 Å². The van der Waals surface area contributed by atoms with Crippen LogP contribution in [-0.2, 0) is 11.3 Å². The number of morpholine rings is 1. The minimum absolute atomic E-state index is 0.159. The number of ether oxygens (including phenoxy) is 1. The Hall–Kier alpha value is -2.15. The Morgan fingerprint density at radius 1 is 1.18 bits per heavy atom. The van der Waals surface area contributed by atoms with Crippen molar-refractivity contribution in [2.45, 2.75) is 12.6 Å². The van der Waals surface area contributed by atoms with Crippen LogP contribution < -0.4 is 10.6 Å². The fraction of sp³-hybridized carbons (Fsp3) is 0.381. The van der Waals surface area contributed by atoms with E-state index < -0.39 is 0 Å². The number of nitrogens with zero attached hydrogens (tertiary/aromatic N) is 2. The number of hydrogen-bond acceptors (Lipinski definition) is 3. The van der Waals surface area contributed by atoms with Crippen LogP contribution in [0.15, 0.2) is 53.5 Å². The molecular formula is C21H26ClFN4O. The lowest BCUT2D eigenvalue weighted by molar-refractivity contribution is 0.0170. The molecule has 0 amide bonds. The van der Waals surface area contributed by atoms with Crippen molar-refractivity contribution in [2.75, 3.05) is 39.9 Å². The SMILES string of the molecule is CN=C(NCc1ccc(F)cc1)NCC(c1cccc(Cl)c1)N1CCOCC1. The third-order valence-corrected chi connectivity index (χ3v) is 5.01. The highest BCUT2D eigenvalue weighted by molar-refractivity contribution is 6.30. The van der Waals surface area contributed by atoms with E-state index in [4.69, 9.17) is 16.3 Å². The molecule has 1 unspecified atom stereocenters. The number of rotatable bonds is 6. The summed E-state index contributed by atoms with van der Waals surface area (Å²) in [6, 6.07) is 14.6. The van der Waals surface area contributed by atoms with Crippen molar-refractivity contribution in [1.29, 1.82) is 0 Å². The molecule has 1 fully saturated rings. The molecule has 2 aromatic rings. The monoisotopic (exact) mass is 404 g/mol. The van der Waals surface area contributed by atoms with Gasteiger partial charge in [-0.15, -0.1) is 0 Å². The van der Waals surface area contributed by atoms with E-state index in [0.717, 1.165) is 42.5 Å². The minimum Gasteiger partial charge on any atom is -0.379 e. The molecule has 150 valence electrons. The Morgan fingerprint density at radius 2 is 1.93 bits per heavy atom. The molecule has 0 bridgehead atoms. The normalized spacial score (nSPS) is 16.6. The lowest BCUT2D eigenvalue weighted by Gasteiger charge is -2.35. The first-order valence-electron chi connectivity index (χ1n) is 9.42. The molecule has 0 radical (unpaired) electrons. The van der Waals surface area contributed by atoms with Crippen molar-refractivity contribution < 1.29 is 9.13 Å². The maximum Gasteiger partial charge on any atom is 0.191 e. The summed E-state index contributed by atoms with van der Waals surface area (Å²) < 4.78 is 18.5. The molecule has 0 saturated carbocycles. The lowest BCUT2D eigenvalue weighted by atomic mass is 10.0. The zero-order chi connectivity index (χ0) is 19.8. The highest BCUT2D eigenvalue weighted by Crippen LogP contribution is 2.23. The molecule has 28 heavy (non-hydrogen) atoms. The average Bonchev–Trinajstić information content (AvgIpc) is 2.72. The van der Waals surface area contributed by atoms with Gasteiger partial charge in [-0.1, -0.05) is 35.9 Å². The van der Waals surface area contributed by atoms with Gasteiger partial charge in [-0.2, -0.15) is 0 Å². The topological polar surface area (TPSA) is 48.9 Å². The fourth-order valence-electron chi connectivity index (χ4n) is 3.26. The van der Waals surface area contributed by atoms with Gasteiger partial charge >= 0.3 is 0 Å². The van der Waals surface area contributed by atoms with Crippen LogP contribution in [0.25, 0.3) is 0 Å². The van der Waals surface area contributed by atoms with E-state index in [0.29, 0.717) is 19.0 Å². The number of hydrogen-bond donors (Lipinski definition) is 2. The van der Waals surface area contributed by atoms with Crippen LogP contribution in [0.4, 0.5) is 4.39 Å². The van der Waals surface area contributed by atoms with Crippen LogP contribution in [-0.4, -0.2) is 50.8 Å². The molecule has 1 heterocycles. The molecule has 0 spiro atoms. The number of nitrogens with one attached hydrogen (secondary N) is 2.